The molecule has 0 spiro atoms. The molecule has 0 aliphatic carbocycles. The van der Waals surface area contributed by atoms with Crippen molar-refractivity contribution in [2.45, 2.75) is 19.7 Å². The second-order valence-electron chi connectivity index (χ2n) is 5.98. The lowest BCUT2D eigenvalue weighted by Crippen LogP contribution is -2.54. The van der Waals surface area contributed by atoms with Crippen molar-refractivity contribution in [3.8, 4) is 10.6 Å². The van der Waals surface area contributed by atoms with E-state index in [1.54, 1.807) is 12.3 Å². The molecule has 152 valence electrons. The van der Waals surface area contributed by atoms with Crippen LogP contribution >= 0.6 is 22.7 Å². The first-order chi connectivity index (χ1) is 13.2. The van der Waals surface area contributed by atoms with E-state index in [2.05, 4.69) is 20.0 Å². The molecular formula is C15H15F3N4O4S2. The minimum Gasteiger partial charge on any atom is -0.440 e. The van der Waals surface area contributed by atoms with Crippen molar-refractivity contribution in [2.24, 2.45) is 5.92 Å². The zero-order chi connectivity index (χ0) is 20.5. The molecule has 28 heavy (non-hydrogen) atoms. The summed E-state index contributed by atoms with van der Waals surface area (Å²) in [5.41, 5.74) is 1.35. The number of nitrogens with one attached hydrogen (secondary N) is 1. The molecule has 0 saturated carbocycles. The van der Waals surface area contributed by atoms with Crippen LogP contribution in [0.25, 0.3) is 10.6 Å². The fourth-order valence-corrected chi connectivity index (χ4v) is 4.09. The number of nitrogens with zero attached hydrogens (tertiary/aromatic N) is 3. The summed E-state index contributed by atoms with van der Waals surface area (Å²) in [4.78, 5) is 34.0. The highest BCUT2D eigenvalue weighted by Crippen LogP contribution is 2.32. The Morgan fingerprint density at radius 1 is 1.39 bits per heavy atom. The van der Waals surface area contributed by atoms with Crippen molar-refractivity contribution in [2.75, 3.05) is 25.0 Å². The van der Waals surface area contributed by atoms with Crippen molar-refractivity contribution in [3.05, 3.63) is 16.1 Å². The van der Waals surface area contributed by atoms with Crippen molar-refractivity contribution in [3.63, 3.8) is 0 Å². The van der Waals surface area contributed by atoms with Gasteiger partial charge < -0.3 is 20.1 Å². The molecule has 2 aromatic rings. The van der Waals surface area contributed by atoms with E-state index in [0.29, 0.717) is 15.8 Å². The maximum Gasteiger partial charge on any atom is 0.422 e. The van der Waals surface area contributed by atoms with E-state index in [1.807, 2.05) is 0 Å². The summed E-state index contributed by atoms with van der Waals surface area (Å²) in [5, 5.41) is 14.5. The number of ether oxygens (including phenoxy) is 1. The zero-order valence-electron chi connectivity index (χ0n) is 14.4. The molecule has 1 saturated heterocycles. The summed E-state index contributed by atoms with van der Waals surface area (Å²) in [5.74, 6) is -0.922. The Kier molecular flexibility index (Phi) is 5.86. The molecule has 2 aromatic heterocycles. The van der Waals surface area contributed by atoms with Crippen LogP contribution in [0.1, 0.15) is 10.7 Å². The van der Waals surface area contributed by atoms with Gasteiger partial charge in [0.05, 0.1) is 28.8 Å². The molecule has 1 fully saturated rings. The molecule has 13 heteroatoms. The summed E-state index contributed by atoms with van der Waals surface area (Å²) in [6.45, 7) is -0.0640. The molecule has 2 amide bonds. The molecule has 2 N–H and O–H groups in total. The fourth-order valence-electron chi connectivity index (χ4n) is 2.43. The predicted molar refractivity (Wildman–Crippen MR) is 95.0 cm³/mol. The number of amides is 2. The van der Waals surface area contributed by atoms with Crippen LogP contribution in [0.3, 0.4) is 0 Å². The number of alkyl halides is 3. The number of rotatable bonds is 5. The Hall–Kier alpha value is -2.25. The zero-order valence-corrected chi connectivity index (χ0v) is 16.1. The highest BCUT2D eigenvalue weighted by Gasteiger charge is 2.38. The monoisotopic (exact) mass is 436 g/mol. The van der Waals surface area contributed by atoms with Gasteiger partial charge in [-0.25, -0.2) is 14.8 Å². The van der Waals surface area contributed by atoms with Gasteiger partial charge in [0, 0.05) is 18.5 Å². The lowest BCUT2D eigenvalue weighted by atomic mass is 10.0. The summed E-state index contributed by atoms with van der Waals surface area (Å²) in [6.07, 6.45) is -5.69. The summed E-state index contributed by atoms with van der Waals surface area (Å²) >= 11 is 2.52. The molecule has 0 unspecified atom stereocenters. The maximum atomic E-state index is 12.2. The quantitative estimate of drug-likeness (QED) is 0.747. The number of hydrogen-bond acceptors (Lipinski definition) is 8. The number of aliphatic hydroxyl groups excluding tert-OH is 1. The molecule has 0 aromatic carbocycles. The number of anilines is 1. The van der Waals surface area contributed by atoms with Crippen LogP contribution in [-0.4, -0.2) is 57.8 Å². The van der Waals surface area contributed by atoms with E-state index in [9.17, 15) is 22.8 Å². The maximum absolute atomic E-state index is 12.2. The van der Waals surface area contributed by atoms with Crippen molar-refractivity contribution >= 4 is 39.8 Å². The Bertz CT molecular complexity index is 877. The third kappa shape index (κ3) is 4.77. The number of carbonyl (C=O) groups excluding carboxylic acids is 2. The van der Waals surface area contributed by atoms with E-state index in [4.69, 9.17) is 5.11 Å². The highest BCUT2D eigenvalue weighted by atomic mass is 32.1. The largest absolute Gasteiger partial charge is 0.440 e. The van der Waals surface area contributed by atoms with Crippen LogP contribution in [0.2, 0.25) is 0 Å². The number of aromatic nitrogens is 2. The lowest BCUT2D eigenvalue weighted by molar-refractivity contribution is -0.164. The number of halogens is 3. The highest BCUT2D eigenvalue weighted by molar-refractivity contribution is 7.17. The van der Waals surface area contributed by atoms with E-state index < -0.39 is 24.8 Å². The normalized spacial score (nSPS) is 14.7. The van der Waals surface area contributed by atoms with Crippen LogP contribution in [0.4, 0.5) is 23.1 Å². The molecule has 3 heterocycles. The average Bonchev–Trinajstić information content (AvgIpc) is 3.17. The Morgan fingerprint density at radius 2 is 2.11 bits per heavy atom. The second-order valence-corrected chi connectivity index (χ2v) is 7.92. The topological polar surface area (TPSA) is 105 Å². The molecule has 0 atom stereocenters. The third-order valence-corrected chi connectivity index (χ3v) is 5.74. The molecule has 8 nitrogen and oxygen atoms in total. The van der Waals surface area contributed by atoms with Gasteiger partial charge in [0.15, 0.2) is 11.7 Å². The Labute approximate surface area is 165 Å². The number of aliphatic hydroxyl groups is 1. The smallest absolute Gasteiger partial charge is 0.422 e. The van der Waals surface area contributed by atoms with Crippen LogP contribution in [0, 0.1) is 12.8 Å². The van der Waals surface area contributed by atoms with Gasteiger partial charge >= 0.3 is 12.3 Å². The number of carbonyl (C=O) groups is 2. The van der Waals surface area contributed by atoms with Gasteiger partial charge in [0.1, 0.15) is 5.01 Å². The Balaban J connectivity index is 1.51. The fraction of sp³-hybridized carbons (Fsp3) is 0.467. The van der Waals surface area contributed by atoms with Crippen LogP contribution < -0.4 is 5.32 Å². The van der Waals surface area contributed by atoms with Gasteiger partial charge in [-0.05, 0) is 6.92 Å². The van der Waals surface area contributed by atoms with Gasteiger partial charge in [-0.3, -0.25) is 4.79 Å². The lowest BCUT2D eigenvalue weighted by Gasteiger charge is -2.36. The first-order valence-electron chi connectivity index (χ1n) is 7.98. The Morgan fingerprint density at radius 3 is 2.71 bits per heavy atom. The third-order valence-electron chi connectivity index (χ3n) is 3.81. The summed E-state index contributed by atoms with van der Waals surface area (Å²) in [7, 11) is 0. The summed E-state index contributed by atoms with van der Waals surface area (Å²) < 4.78 is 40.2. The van der Waals surface area contributed by atoms with Crippen LogP contribution in [-0.2, 0) is 16.1 Å². The van der Waals surface area contributed by atoms with Gasteiger partial charge in [0.25, 0.3) is 0 Å². The molecule has 3 rings (SSSR count). The summed E-state index contributed by atoms with van der Waals surface area (Å²) in [6, 6.07) is 0. The molecule has 1 aliphatic rings. The van der Waals surface area contributed by atoms with Crippen molar-refractivity contribution in [1.29, 1.82) is 0 Å². The van der Waals surface area contributed by atoms with Crippen molar-refractivity contribution in [1.82, 2.24) is 14.9 Å². The minimum atomic E-state index is -4.59. The SMILES string of the molecule is Cc1nc(CO)sc1-c1csc(NC(=O)C2CN(C(=O)OCC(F)(F)F)C2)n1. The molecule has 0 radical (unpaired) electrons. The van der Waals surface area contributed by atoms with Gasteiger partial charge in [-0.1, -0.05) is 0 Å². The molecule has 0 bridgehead atoms. The van der Waals surface area contributed by atoms with E-state index in [0.717, 1.165) is 15.5 Å². The minimum absolute atomic E-state index is 0.0193. The second kappa shape index (κ2) is 8.01. The van der Waals surface area contributed by atoms with E-state index in [1.165, 1.54) is 22.7 Å². The standard InChI is InChI=1S/C15H15F3N4O4S2/c1-7-11(28-10(4-23)19-7)9-5-27-13(20-9)21-12(24)8-2-22(3-8)14(25)26-6-15(16,17)18/h5,8,23H,2-4,6H2,1H3,(H,20,21,24). The van der Waals surface area contributed by atoms with Crippen molar-refractivity contribution < 1.29 is 32.6 Å². The van der Waals surface area contributed by atoms with Gasteiger partial charge in [-0.15, -0.1) is 22.7 Å². The number of aryl methyl sites for hydroxylation is 1. The van der Waals surface area contributed by atoms with E-state index >= 15 is 0 Å². The first-order valence-corrected chi connectivity index (χ1v) is 9.68. The number of hydrogen-bond donors (Lipinski definition) is 2. The number of thiazole rings is 2. The average molecular weight is 436 g/mol. The molecule has 1 aliphatic heterocycles. The van der Waals surface area contributed by atoms with E-state index in [-0.39, 0.29) is 25.6 Å². The van der Waals surface area contributed by atoms with Gasteiger partial charge in [0.2, 0.25) is 5.91 Å². The van der Waals surface area contributed by atoms with Gasteiger partial charge in [-0.2, -0.15) is 13.2 Å². The number of likely N-dealkylation sites (tertiary alicyclic amines) is 1. The van der Waals surface area contributed by atoms with Crippen LogP contribution in [0.15, 0.2) is 5.38 Å². The van der Waals surface area contributed by atoms with Crippen LogP contribution in [0.5, 0.6) is 0 Å². The predicted octanol–water partition coefficient (Wildman–Crippen LogP) is 2.64. The first kappa shape index (κ1) is 20.5. The molecular weight excluding hydrogens is 421 g/mol.